The summed E-state index contributed by atoms with van der Waals surface area (Å²) in [5.41, 5.74) is 0. The molecule has 3 atom stereocenters. The molecular weight excluding hydrogens is 292 g/mol. The number of likely N-dealkylation sites (tertiary alicyclic amines) is 2. The molecule has 0 aromatic carbocycles. The van der Waals surface area contributed by atoms with Crippen molar-refractivity contribution in [1.29, 1.82) is 0 Å². The zero-order chi connectivity index (χ0) is 16.2. The Kier molecular flexibility index (Phi) is 5.77. The van der Waals surface area contributed by atoms with E-state index >= 15 is 0 Å². The average Bonchev–Trinajstić information content (AvgIpc) is 3.07. The van der Waals surface area contributed by atoms with Gasteiger partial charge in [0.25, 0.3) is 0 Å². The highest BCUT2D eigenvalue weighted by atomic mass is 16.5. The number of nitrogens with zero attached hydrogens (tertiary/aromatic N) is 3. The van der Waals surface area contributed by atoms with Crippen LogP contribution in [-0.2, 0) is 4.74 Å². The molecule has 0 radical (unpaired) electrons. The summed E-state index contributed by atoms with van der Waals surface area (Å²) < 4.78 is 5.18. The number of rotatable bonds is 5. The summed E-state index contributed by atoms with van der Waals surface area (Å²) in [5, 5.41) is 3.19. The molecule has 3 saturated heterocycles. The number of carbonyl (C=O) groups is 1. The highest BCUT2D eigenvalue weighted by Crippen LogP contribution is 2.28. The highest BCUT2D eigenvalue weighted by Gasteiger charge is 2.36. The topological polar surface area (TPSA) is 48.1 Å². The first-order valence-corrected chi connectivity index (χ1v) is 9.16. The number of urea groups is 1. The number of ether oxygens (including phenoxy) is 1. The summed E-state index contributed by atoms with van der Waals surface area (Å²) in [6.45, 7) is 5.42. The van der Waals surface area contributed by atoms with E-state index in [0.717, 1.165) is 45.8 Å². The van der Waals surface area contributed by atoms with Gasteiger partial charge in [-0.25, -0.2) is 4.79 Å². The average molecular weight is 324 g/mol. The second kappa shape index (κ2) is 7.81. The van der Waals surface area contributed by atoms with E-state index in [1.54, 1.807) is 7.11 Å². The molecule has 132 valence electrons. The van der Waals surface area contributed by atoms with Crippen LogP contribution in [0.4, 0.5) is 4.79 Å². The molecule has 2 bridgehead atoms. The lowest BCUT2D eigenvalue weighted by atomic mass is 10.1. The molecule has 0 spiro atoms. The van der Waals surface area contributed by atoms with Gasteiger partial charge in [0.1, 0.15) is 0 Å². The molecule has 3 aliphatic heterocycles. The molecule has 6 nitrogen and oxygen atoms in total. The van der Waals surface area contributed by atoms with Gasteiger partial charge in [-0.3, -0.25) is 9.80 Å². The monoisotopic (exact) mass is 324 g/mol. The molecule has 23 heavy (non-hydrogen) atoms. The van der Waals surface area contributed by atoms with Gasteiger partial charge in [-0.15, -0.1) is 0 Å². The Morgan fingerprint density at radius 3 is 2.83 bits per heavy atom. The van der Waals surface area contributed by atoms with Gasteiger partial charge in [0.05, 0.1) is 6.61 Å². The van der Waals surface area contributed by atoms with E-state index in [2.05, 4.69) is 22.2 Å². The number of amides is 2. The Morgan fingerprint density at radius 1 is 1.17 bits per heavy atom. The van der Waals surface area contributed by atoms with Crippen molar-refractivity contribution in [1.82, 2.24) is 20.0 Å². The number of hydrogen-bond donors (Lipinski definition) is 1. The molecule has 1 N–H and O–H groups in total. The van der Waals surface area contributed by atoms with Gasteiger partial charge in [-0.1, -0.05) is 0 Å². The zero-order valence-corrected chi connectivity index (χ0v) is 14.7. The van der Waals surface area contributed by atoms with Crippen LogP contribution in [0.25, 0.3) is 0 Å². The van der Waals surface area contributed by atoms with Crippen molar-refractivity contribution in [2.75, 3.05) is 53.5 Å². The first-order valence-electron chi connectivity index (χ1n) is 9.16. The Bertz CT molecular complexity index is 406. The van der Waals surface area contributed by atoms with E-state index in [1.165, 1.54) is 25.7 Å². The van der Waals surface area contributed by atoms with Crippen molar-refractivity contribution < 1.29 is 9.53 Å². The second-order valence-corrected chi connectivity index (χ2v) is 7.30. The van der Waals surface area contributed by atoms with Crippen molar-refractivity contribution in [3.05, 3.63) is 0 Å². The smallest absolute Gasteiger partial charge is 0.317 e. The van der Waals surface area contributed by atoms with Crippen molar-refractivity contribution >= 4 is 6.03 Å². The Morgan fingerprint density at radius 2 is 2.00 bits per heavy atom. The predicted molar refractivity (Wildman–Crippen MR) is 90.6 cm³/mol. The van der Waals surface area contributed by atoms with E-state index in [9.17, 15) is 4.79 Å². The van der Waals surface area contributed by atoms with Crippen LogP contribution < -0.4 is 5.32 Å². The fourth-order valence-electron chi connectivity index (χ4n) is 4.44. The number of likely N-dealkylation sites (N-methyl/N-ethyl adjacent to an activating group) is 1. The van der Waals surface area contributed by atoms with Gasteiger partial charge in [0.2, 0.25) is 0 Å². The largest absolute Gasteiger partial charge is 0.383 e. The van der Waals surface area contributed by atoms with Crippen molar-refractivity contribution in [3.63, 3.8) is 0 Å². The number of nitrogens with one attached hydrogen (secondary N) is 1. The van der Waals surface area contributed by atoms with Crippen LogP contribution in [0.2, 0.25) is 0 Å². The minimum absolute atomic E-state index is 0.129. The summed E-state index contributed by atoms with van der Waals surface area (Å²) >= 11 is 0. The summed E-state index contributed by atoms with van der Waals surface area (Å²) in [6, 6.07) is 1.83. The number of methoxy groups -OCH3 is 1. The lowest BCUT2D eigenvalue weighted by molar-refractivity contribution is 0.138. The minimum Gasteiger partial charge on any atom is -0.383 e. The molecule has 3 heterocycles. The van der Waals surface area contributed by atoms with E-state index in [1.807, 2.05) is 4.90 Å². The molecule has 3 unspecified atom stereocenters. The standard InChI is InChI=1S/C17H32N4O2/c1-19-14-5-6-16(19)13-21(9-7-14)17(22)18-12-15-4-3-8-20(15)10-11-23-2/h14-16H,3-13H2,1-2H3,(H,18,22). The summed E-state index contributed by atoms with van der Waals surface area (Å²) in [5.74, 6) is 0. The van der Waals surface area contributed by atoms with Gasteiger partial charge in [-0.05, 0) is 45.7 Å². The van der Waals surface area contributed by atoms with Crippen LogP contribution in [0.3, 0.4) is 0 Å². The fourth-order valence-corrected chi connectivity index (χ4v) is 4.44. The van der Waals surface area contributed by atoms with Crippen molar-refractivity contribution in [2.24, 2.45) is 0 Å². The highest BCUT2D eigenvalue weighted by molar-refractivity contribution is 5.74. The molecular formula is C17H32N4O2. The third kappa shape index (κ3) is 3.98. The van der Waals surface area contributed by atoms with Crippen LogP contribution in [0.5, 0.6) is 0 Å². The van der Waals surface area contributed by atoms with Crippen LogP contribution in [0.1, 0.15) is 32.1 Å². The normalized spacial score (nSPS) is 32.3. The third-order valence-corrected chi connectivity index (χ3v) is 6.01. The van der Waals surface area contributed by atoms with Crippen LogP contribution in [0.15, 0.2) is 0 Å². The number of fused-ring (bicyclic) bond motifs is 2. The second-order valence-electron chi connectivity index (χ2n) is 7.30. The van der Waals surface area contributed by atoms with E-state index < -0.39 is 0 Å². The molecule has 0 aromatic heterocycles. The Labute approximate surface area is 140 Å². The molecule has 0 aliphatic carbocycles. The summed E-state index contributed by atoms with van der Waals surface area (Å²) in [4.78, 5) is 19.5. The fraction of sp³-hybridized carbons (Fsp3) is 0.941. The molecule has 3 rings (SSSR count). The van der Waals surface area contributed by atoms with Crippen molar-refractivity contribution in [2.45, 2.75) is 50.2 Å². The molecule has 0 saturated carbocycles. The minimum atomic E-state index is 0.129. The maximum Gasteiger partial charge on any atom is 0.317 e. The Hall–Kier alpha value is -0.850. The summed E-state index contributed by atoms with van der Waals surface area (Å²) in [6.07, 6.45) is 6.05. The summed E-state index contributed by atoms with van der Waals surface area (Å²) in [7, 11) is 3.97. The SMILES string of the molecule is COCCN1CCCC1CNC(=O)N1CCC2CCC(C1)N2C. The van der Waals surface area contributed by atoms with Crippen LogP contribution >= 0.6 is 0 Å². The maximum atomic E-state index is 12.6. The Balaban J connectivity index is 1.46. The first kappa shape index (κ1) is 17.0. The van der Waals surface area contributed by atoms with Crippen LogP contribution in [0, 0.1) is 0 Å². The van der Waals surface area contributed by atoms with E-state index in [0.29, 0.717) is 18.1 Å². The van der Waals surface area contributed by atoms with Gasteiger partial charge in [0.15, 0.2) is 0 Å². The molecule has 3 fully saturated rings. The lowest BCUT2D eigenvalue weighted by Gasteiger charge is -2.28. The molecule has 6 heteroatoms. The van der Waals surface area contributed by atoms with Gasteiger partial charge in [-0.2, -0.15) is 0 Å². The zero-order valence-electron chi connectivity index (χ0n) is 14.7. The van der Waals surface area contributed by atoms with E-state index in [-0.39, 0.29) is 6.03 Å². The van der Waals surface area contributed by atoms with E-state index in [4.69, 9.17) is 4.74 Å². The van der Waals surface area contributed by atoms with Gasteiger partial charge < -0.3 is 15.0 Å². The molecule has 2 amide bonds. The molecule has 3 aliphatic rings. The predicted octanol–water partition coefficient (Wildman–Crippen LogP) is 0.975. The number of carbonyl (C=O) groups excluding carboxylic acids is 1. The third-order valence-electron chi connectivity index (χ3n) is 6.01. The lowest BCUT2D eigenvalue weighted by Crippen LogP contribution is -2.48. The first-order chi connectivity index (χ1) is 11.2. The quantitative estimate of drug-likeness (QED) is 0.819. The van der Waals surface area contributed by atoms with Gasteiger partial charge >= 0.3 is 6.03 Å². The molecule has 0 aromatic rings. The maximum absolute atomic E-state index is 12.6. The van der Waals surface area contributed by atoms with Crippen LogP contribution in [-0.4, -0.2) is 92.3 Å². The van der Waals surface area contributed by atoms with Crippen molar-refractivity contribution in [3.8, 4) is 0 Å². The number of hydrogen-bond acceptors (Lipinski definition) is 4. The van der Waals surface area contributed by atoms with Gasteiger partial charge in [0, 0.05) is 51.4 Å².